The van der Waals surface area contributed by atoms with Gasteiger partial charge in [-0.15, -0.1) is 0 Å². The van der Waals surface area contributed by atoms with Gasteiger partial charge < -0.3 is 10.5 Å². The van der Waals surface area contributed by atoms with Gasteiger partial charge in [-0.1, -0.05) is 54.1 Å². The minimum Gasteiger partial charge on any atom is -0.368 e. The van der Waals surface area contributed by atoms with Crippen LogP contribution in [0.1, 0.15) is 17.2 Å². The van der Waals surface area contributed by atoms with Crippen LogP contribution in [0.2, 0.25) is 5.02 Å². The molecule has 0 spiro atoms. The number of ether oxygens (including phenoxy) is 1. The molecule has 2 N–H and O–H groups in total. The smallest absolute Gasteiger partial charge is 0.0952 e. The second-order valence-corrected chi connectivity index (χ2v) is 4.51. The van der Waals surface area contributed by atoms with Crippen molar-refractivity contribution in [1.82, 2.24) is 0 Å². The summed E-state index contributed by atoms with van der Waals surface area (Å²) in [4.78, 5) is 0. The van der Waals surface area contributed by atoms with Crippen molar-refractivity contribution >= 4 is 11.6 Å². The summed E-state index contributed by atoms with van der Waals surface area (Å²) in [7, 11) is 0. The second kappa shape index (κ2) is 6.55. The monoisotopic (exact) mass is 261 g/mol. The molecule has 2 nitrogen and oxygen atoms in total. The van der Waals surface area contributed by atoms with E-state index in [4.69, 9.17) is 22.1 Å². The second-order valence-electron chi connectivity index (χ2n) is 4.08. The van der Waals surface area contributed by atoms with Crippen molar-refractivity contribution in [2.24, 2.45) is 5.73 Å². The third-order valence-electron chi connectivity index (χ3n) is 2.73. The molecule has 0 amide bonds. The number of halogens is 1. The van der Waals surface area contributed by atoms with Crippen LogP contribution in [0.25, 0.3) is 0 Å². The van der Waals surface area contributed by atoms with Gasteiger partial charge in [-0.2, -0.15) is 0 Å². The molecule has 3 heteroatoms. The summed E-state index contributed by atoms with van der Waals surface area (Å²) in [5, 5.41) is 0.703. The lowest BCUT2D eigenvalue weighted by molar-refractivity contribution is 0.0456. The first-order chi connectivity index (χ1) is 8.79. The molecule has 2 rings (SSSR count). The maximum atomic E-state index is 5.97. The summed E-state index contributed by atoms with van der Waals surface area (Å²) in [6, 6.07) is 17.7. The van der Waals surface area contributed by atoms with Gasteiger partial charge in [0, 0.05) is 11.6 Å². The Morgan fingerprint density at radius 2 is 1.83 bits per heavy atom. The average Bonchev–Trinajstić information content (AvgIpc) is 2.41. The Morgan fingerprint density at radius 3 is 2.50 bits per heavy atom. The molecule has 0 unspecified atom stereocenters. The van der Waals surface area contributed by atoms with Crippen molar-refractivity contribution in [2.75, 3.05) is 6.54 Å². The van der Waals surface area contributed by atoms with Crippen molar-refractivity contribution in [3.63, 3.8) is 0 Å². The van der Waals surface area contributed by atoms with E-state index < -0.39 is 0 Å². The van der Waals surface area contributed by atoms with Gasteiger partial charge in [0.25, 0.3) is 0 Å². The van der Waals surface area contributed by atoms with Crippen LogP contribution in [-0.2, 0) is 11.3 Å². The van der Waals surface area contributed by atoms with Crippen LogP contribution in [-0.4, -0.2) is 6.54 Å². The minimum atomic E-state index is -0.121. The molecule has 0 aliphatic carbocycles. The van der Waals surface area contributed by atoms with Crippen LogP contribution >= 0.6 is 11.6 Å². The first-order valence-electron chi connectivity index (χ1n) is 5.90. The van der Waals surface area contributed by atoms with Crippen molar-refractivity contribution in [3.8, 4) is 0 Å². The molecule has 0 heterocycles. The molecule has 94 valence electrons. The summed E-state index contributed by atoms with van der Waals surface area (Å²) in [6.07, 6.45) is -0.121. The Labute approximate surface area is 112 Å². The molecule has 0 bridgehead atoms. The summed E-state index contributed by atoms with van der Waals surface area (Å²) in [5.41, 5.74) is 7.90. The van der Waals surface area contributed by atoms with Crippen molar-refractivity contribution in [1.29, 1.82) is 0 Å². The summed E-state index contributed by atoms with van der Waals surface area (Å²) in [6.45, 7) is 0.988. The van der Waals surface area contributed by atoms with E-state index in [0.29, 0.717) is 18.2 Å². The molecule has 0 saturated heterocycles. The van der Waals surface area contributed by atoms with Gasteiger partial charge in [0.2, 0.25) is 0 Å². The standard InChI is InChI=1S/C15H16ClNO/c16-14-8-4-7-13(9-14)15(10-17)18-11-12-5-2-1-3-6-12/h1-9,15H,10-11,17H2/t15-/m1/s1. The van der Waals surface area contributed by atoms with Gasteiger partial charge in [0.1, 0.15) is 0 Å². The number of nitrogens with two attached hydrogens (primary N) is 1. The van der Waals surface area contributed by atoms with E-state index in [-0.39, 0.29) is 6.10 Å². The Bertz CT molecular complexity index is 487. The minimum absolute atomic E-state index is 0.121. The third kappa shape index (κ3) is 3.57. The van der Waals surface area contributed by atoms with E-state index in [1.54, 1.807) is 0 Å². The molecule has 0 radical (unpaired) electrons. The molecule has 0 fully saturated rings. The number of rotatable bonds is 5. The van der Waals surface area contributed by atoms with Crippen LogP contribution in [0.3, 0.4) is 0 Å². The van der Waals surface area contributed by atoms with E-state index in [2.05, 4.69) is 0 Å². The van der Waals surface area contributed by atoms with Crippen LogP contribution in [0.4, 0.5) is 0 Å². The predicted molar refractivity (Wildman–Crippen MR) is 74.5 cm³/mol. The molecule has 0 saturated carbocycles. The fraction of sp³-hybridized carbons (Fsp3) is 0.200. The van der Waals surface area contributed by atoms with E-state index >= 15 is 0 Å². The van der Waals surface area contributed by atoms with Gasteiger partial charge in [-0.25, -0.2) is 0 Å². The van der Waals surface area contributed by atoms with Crippen LogP contribution in [0, 0.1) is 0 Å². The first-order valence-corrected chi connectivity index (χ1v) is 6.28. The molecule has 0 aromatic heterocycles. The zero-order valence-corrected chi connectivity index (χ0v) is 10.8. The molecular weight excluding hydrogens is 246 g/mol. The maximum Gasteiger partial charge on any atom is 0.0952 e. The average molecular weight is 262 g/mol. The molecule has 2 aromatic carbocycles. The highest BCUT2D eigenvalue weighted by atomic mass is 35.5. The van der Waals surface area contributed by atoms with E-state index in [9.17, 15) is 0 Å². The molecule has 18 heavy (non-hydrogen) atoms. The Kier molecular flexibility index (Phi) is 4.76. The van der Waals surface area contributed by atoms with E-state index in [1.807, 2.05) is 54.6 Å². The lowest BCUT2D eigenvalue weighted by Crippen LogP contribution is -2.15. The van der Waals surface area contributed by atoms with Crippen molar-refractivity contribution < 1.29 is 4.74 Å². The fourth-order valence-electron chi connectivity index (χ4n) is 1.78. The number of hydrogen-bond acceptors (Lipinski definition) is 2. The highest BCUT2D eigenvalue weighted by Gasteiger charge is 2.10. The van der Waals surface area contributed by atoms with Crippen molar-refractivity contribution in [3.05, 3.63) is 70.7 Å². The predicted octanol–water partition coefficient (Wildman–Crippen LogP) is 3.56. The van der Waals surface area contributed by atoms with Gasteiger partial charge >= 0.3 is 0 Å². The van der Waals surface area contributed by atoms with Gasteiger partial charge in [-0.05, 0) is 23.3 Å². The number of benzene rings is 2. The van der Waals surface area contributed by atoms with Crippen LogP contribution < -0.4 is 5.73 Å². The normalized spacial score (nSPS) is 12.3. The zero-order chi connectivity index (χ0) is 12.8. The SMILES string of the molecule is NC[C@@H](OCc1ccccc1)c1cccc(Cl)c1. The number of hydrogen-bond donors (Lipinski definition) is 1. The molecule has 1 atom stereocenters. The summed E-state index contributed by atoms with van der Waals surface area (Å²) in [5.74, 6) is 0. The Balaban J connectivity index is 2.02. The van der Waals surface area contributed by atoms with Gasteiger partial charge in [0.05, 0.1) is 12.7 Å². The molecule has 0 aliphatic rings. The molecule has 0 aliphatic heterocycles. The third-order valence-corrected chi connectivity index (χ3v) is 2.96. The highest BCUT2D eigenvalue weighted by molar-refractivity contribution is 6.30. The Morgan fingerprint density at radius 1 is 1.06 bits per heavy atom. The van der Waals surface area contributed by atoms with E-state index in [1.165, 1.54) is 0 Å². The zero-order valence-electron chi connectivity index (χ0n) is 10.1. The first kappa shape index (κ1) is 13.1. The lowest BCUT2D eigenvalue weighted by atomic mass is 10.1. The van der Waals surface area contributed by atoms with Gasteiger partial charge in [0.15, 0.2) is 0 Å². The quantitative estimate of drug-likeness (QED) is 0.893. The van der Waals surface area contributed by atoms with E-state index in [0.717, 1.165) is 11.1 Å². The summed E-state index contributed by atoms with van der Waals surface area (Å²) >= 11 is 5.97. The molecule has 2 aromatic rings. The fourth-order valence-corrected chi connectivity index (χ4v) is 1.98. The maximum absolute atomic E-state index is 5.97. The lowest BCUT2D eigenvalue weighted by Gasteiger charge is -2.16. The highest BCUT2D eigenvalue weighted by Crippen LogP contribution is 2.21. The van der Waals surface area contributed by atoms with Gasteiger partial charge in [-0.3, -0.25) is 0 Å². The molecular formula is C15H16ClNO. The van der Waals surface area contributed by atoms with Crippen LogP contribution in [0.5, 0.6) is 0 Å². The van der Waals surface area contributed by atoms with Crippen molar-refractivity contribution in [2.45, 2.75) is 12.7 Å². The largest absolute Gasteiger partial charge is 0.368 e. The topological polar surface area (TPSA) is 35.2 Å². The summed E-state index contributed by atoms with van der Waals surface area (Å²) < 4.78 is 5.83. The van der Waals surface area contributed by atoms with Crippen LogP contribution in [0.15, 0.2) is 54.6 Å². The Hall–Kier alpha value is -1.35.